The molecule has 1 aromatic carbocycles. The van der Waals surface area contributed by atoms with Crippen LogP contribution in [-0.2, 0) is 17.9 Å². The second kappa shape index (κ2) is 7.32. The minimum Gasteiger partial charge on any atom is -0.346 e. The number of amides is 1. The third-order valence-electron chi connectivity index (χ3n) is 3.43. The molecule has 0 saturated heterocycles. The summed E-state index contributed by atoms with van der Waals surface area (Å²) in [6.45, 7) is 0.245. The summed E-state index contributed by atoms with van der Waals surface area (Å²) in [5.74, 6) is -0.309. The van der Waals surface area contributed by atoms with Crippen LogP contribution in [0.1, 0.15) is 11.6 Å². The molecule has 0 bridgehead atoms. The monoisotopic (exact) mass is 324 g/mol. The fourth-order valence-corrected chi connectivity index (χ4v) is 2.30. The first-order valence-corrected chi connectivity index (χ1v) is 7.43. The summed E-state index contributed by atoms with van der Waals surface area (Å²) in [7, 11) is 0. The molecule has 0 aliphatic carbocycles. The molecule has 0 radical (unpaired) electrons. The van der Waals surface area contributed by atoms with Crippen LogP contribution in [0.25, 0.3) is 0 Å². The van der Waals surface area contributed by atoms with Crippen LogP contribution in [0.5, 0.6) is 0 Å². The number of carbonyl (C=O) groups excluding carboxylic acids is 1. The number of benzene rings is 1. The molecular weight excluding hydrogens is 308 g/mol. The smallest absolute Gasteiger partial charge is 0.267 e. The molecule has 2 heterocycles. The van der Waals surface area contributed by atoms with Gasteiger partial charge in [-0.15, -0.1) is 0 Å². The topological polar surface area (TPSA) is 94.7 Å². The van der Waals surface area contributed by atoms with Gasteiger partial charge < -0.3 is 5.32 Å². The maximum atomic E-state index is 12.3. The van der Waals surface area contributed by atoms with Crippen molar-refractivity contribution in [2.45, 2.75) is 19.1 Å². The molecule has 0 saturated carbocycles. The lowest BCUT2D eigenvalue weighted by molar-refractivity contribution is -0.122. The molecule has 8 heteroatoms. The highest BCUT2D eigenvalue weighted by molar-refractivity contribution is 5.76. The van der Waals surface area contributed by atoms with Crippen molar-refractivity contribution < 1.29 is 4.79 Å². The maximum Gasteiger partial charge on any atom is 0.267 e. The predicted molar refractivity (Wildman–Crippen MR) is 85.8 cm³/mol. The Bertz CT molecular complexity index is 844. The van der Waals surface area contributed by atoms with Gasteiger partial charge in [-0.3, -0.25) is 9.59 Å². The first-order chi connectivity index (χ1) is 11.7. The number of carbonyl (C=O) groups is 1. The molecule has 1 unspecified atom stereocenters. The van der Waals surface area contributed by atoms with E-state index in [9.17, 15) is 9.59 Å². The quantitative estimate of drug-likeness (QED) is 0.708. The van der Waals surface area contributed by atoms with Gasteiger partial charge in [-0.1, -0.05) is 30.3 Å². The number of rotatable bonds is 6. The Kier molecular flexibility index (Phi) is 4.76. The van der Waals surface area contributed by atoms with Crippen molar-refractivity contribution in [3.05, 3.63) is 77.0 Å². The lowest BCUT2D eigenvalue weighted by atomic mass is 10.1. The zero-order valence-electron chi connectivity index (χ0n) is 12.8. The van der Waals surface area contributed by atoms with E-state index in [1.54, 1.807) is 12.4 Å². The molecule has 8 nitrogen and oxygen atoms in total. The van der Waals surface area contributed by atoms with E-state index in [2.05, 4.69) is 20.6 Å². The largest absolute Gasteiger partial charge is 0.346 e. The van der Waals surface area contributed by atoms with E-state index in [1.165, 1.54) is 23.1 Å². The van der Waals surface area contributed by atoms with Gasteiger partial charge in [0, 0.05) is 12.3 Å². The lowest BCUT2D eigenvalue weighted by Gasteiger charge is -2.19. The SMILES string of the molecule is O=C(Cn1ncccc1=O)NC(Cn1nccn1)c1ccccc1. The summed E-state index contributed by atoms with van der Waals surface area (Å²) in [4.78, 5) is 25.5. The molecule has 24 heavy (non-hydrogen) atoms. The highest BCUT2D eigenvalue weighted by Gasteiger charge is 2.16. The number of hydrogen-bond acceptors (Lipinski definition) is 5. The third kappa shape index (κ3) is 3.92. The van der Waals surface area contributed by atoms with E-state index >= 15 is 0 Å². The average Bonchev–Trinajstić information content (AvgIpc) is 3.10. The van der Waals surface area contributed by atoms with Gasteiger partial charge in [0.25, 0.3) is 5.56 Å². The van der Waals surface area contributed by atoms with Crippen molar-refractivity contribution in [3.63, 3.8) is 0 Å². The Morgan fingerprint density at radius 3 is 2.46 bits per heavy atom. The van der Waals surface area contributed by atoms with Crippen LogP contribution in [-0.4, -0.2) is 30.7 Å². The van der Waals surface area contributed by atoms with Crippen LogP contribution in [0.4, 0.5) is 0 Å². The summed E-state index contributed by atoms with van der Waals surface area (Å²) in [6.07, 6.45) is 4.63. The first kappa shape index (κ1) is 15.6. The minimum absolute atomic E-state index is 0.143. The highest BCUT2D eigenvalue weighted by Crippen LogP contribution is 2.14. The number of nitrogens with zero attached hydrogens (tertiary/aromatic N) is 5. The third-order valence-corrected chi connectivity index (χ3v) is 3.43. The zero-order valence-corrected chi connectivity index (χ0v) is 12.8. The summed E-state index contributed by atoms with van der Waals surface area (Å²) < 4.78 is 1.11. The molecule has 1 atom stereocenters. The molecule has 1 N–H and O–H groups in total. The van der Waals surface area contributed by atoms with E-state index in [0.717, 1.165) is 10.2 Å². The molecule has 0 aliphatic heterocycles. The zero-order chi connectivity index (χ0) is 16.8. The molecule has 0 aliphatic rings. The van der Waals surface area contributed by atoms with E-state index in [1.807, 2.05) is 30.3 Å². The van der Waals surface area contributed by atoms with Crippen LogP contribution in [0.15, 0.2) is 65.8 Å². The first-order valence-electron chi connectivity index (χ1n) is 7.43. The standard InChI is InChI=1S/C16H16N6O2/c23-15(12-21-16(24)7-4-8-17-21)20-14(11-22-18-9-10-19-22)13-5-2-1-3-6-13/h1-10,14H,11-12H2,(H,20,23). The fourth-order valence-electron chi connectivity index (χ4n) is 2.30. The molecular formula is C16H16N6O2. The van der Waals surface area contributed by atoms with Gasteiger partial charge in [0.1, 0.15) is 6.54 Å². The molecule has 1 amide bonds. The van der Waals surface area contributed by atoms with Crippen molar-refractivity contribution >= 4 is 5.91 Å². The maximum absolute atomic E-state index is 12.3. The summed E-state index contributed by atoms with van der Waals surface area (Å²) in [5, 5.41) is 14.9. The van der Waals surface area contributed by atoms with Gasteiger partial charge in [0.15, 0.2) is 0 Å². The normalized spacial score (nSPS) is 11.8. The minimum atomic E-state index is -0.322. The van der Waals surface area contributed by atoms with Crippen LogP contribution in [0, 0.1) is 0 Å². The Morgan fingerprint density at radius 2 is 1.75 bits per heavy atom. The second-order valence-electron chi connectivity index (χ2n) is 5.13. The van der Waals surface area contributed by atoms with Gasteiger partial charge >= 0.3 is 0 Å². The summed E-state index contributed by atoms with van der Waals surface area (Å²) >= 11 is 0. The number of hydrogen-bond donors (Lipinski definition) is 1. The van der Waals surface area contributed by atoms with Crippen molar-refractivity contribution in [2.24, 2.45) is 0 Å². The highest BCUT2D eigenvalue weighted by atomic mass is 16.2. The van der Waals surface area contributed by atoms with Gasteiger partial charge in [-0.2, -0.15) is 20.1 Å². The van der Waals surface area contributed by atoms with Crippen LogP contribution in [0.3, 0.4) is 0 Å². The van der Waals surface area contributed by atoms with Gasteiger partial charge in [-0.25, -0.2) is 4.68 Å². The molecule has 0 fully saturated rings. The second-order valence-corrected chi connectivity index (χ2v) is 5.13. The fraction of sp³-hybridized carbons (Fsp3) is 0.188. The van der Waals surface area contributed by atoms with Crippen LogP contribution >= 0.6 is 0 Å². The molecule has 0 spiro atoms. The van der Waals surface area contributed by atoms with E-state index in [4.69, 9.17) is 0 Å². The molecule has 3 rings (SSSR count). The van der Waals surface area contributed by atoms with Crippen LogP contribution in [0.2, 0.25) is 0 Å². The molecule has 3 aromatic rings. The van der Waals surface area contributed by atoms with Crippen molar-refractivity contribution in [1.82, 2.24) is 30.1 Å². The number of aromatic nitrogens is 5. The average molecular weight is 324 g/mol. The van der Waals surface area contributed by atoms with Gasteiger partial charge in [0.05, 0.1) is 25.0 Å². The molecule has 2 aromatic heterocycles. The van der Waals surface area contributed by atoms with E-state index in [0.29, 0.717) is 6.54 Å². The van der Waals surface area contributed by atoms with E-state index in [-0.39, 0.29) is 24.1 Å². The summed E-state index contributed by atoms with van der Waals surface area (Å²) in [5.41, 5.74) is 0.606. The van der Waals surface area contributed by atoms with Crippen molar-refractivity contribution in [2.75, 3.05) is 0 Å². The van der Waals surface area contributed by atoms with Crippen LogP contribution < -0.4 is 10.9 Å². The number of nitrogens with one attached hydrogen (secondary N) is 1. The lowest BCUT2D eigenvalue weighted by Crippen LogP contribution is -2.37. The summed E-state index contributed by atoms with van der Waals surface area (Å²) in [6, 6.07) is 12.1. The Morgan fingerprint density at radius 1 is 1.00 bits per heavy atom. The molecule has 122 valence electrons. The predicted octanol–water partition coefficient (Wildman–Crippen LogP) is 0.393. The Balaban J connectivity index is 1.75. The van der Waals surface area contributed by atoms with Gasteiger partial charge in [0.2, 0.25) is 5.91 Å². The Hall–Kier alpha value is -3.29. The van der Waals surface area contributed by atoms with Crippen molar-refractivity contribution in [1.29, 1.82) is 0 Å². The van der Waals surface area contributed by atoms with Gasteiger partial charge in [-0.05, 0) is 11.6 Å². The van der Waals surface area contributed by atoms with Crippen molar-refractivity contribution in [3.8, 4) is 0 Å². The Labute approximate surface area is 137 Å². The van der Waals surface area contributed by atoms with E-state index < -0.39 is 0 Å².